The Labute approximate surface area is 96.2 Å². The number of rotatable bonds is 0. The van der Waals surface area contributed by atoms with Gasteiger partial charge in [0.2, 0.25) is 0 Å². The molecule has 2 unspecified atom stereocenters. The molecule has 0 saturated carbocycles. The van der Waals surface area contributed by atoms with Crippen LogP contribution < -0.4 is 0 Å². The molecule has 0 fully saturated rings. The summed E-state index contributed by atoms with van der Waals surface area (Å²) in [6.07, 6.45) is 6.12. The van der Waals surface area contributed by atoms with Crippen molar-refractivity contribution in [1.82, 2.24) is 0 Å². The fourth-order valence-electron chi connectivity index (χ4n) is 3.23. The minimum absolute atomic E-state index is 0.403. The molecule has 1 aliphatic carbocycles. The van der Waals surface area contributed by atoms with Crippen molar-refractivity contribution in [1.29, 1.82) is 0 Å². The topological polar surface area (TPSA) is 0 Å². The Bertz CT molecular complexity index is 234. The molecule has 0 aromatic carbocycles. The second kappa shape index (κ2) is 3.96. The minimum atomic E-state index is 0.403. The van der Waals surface area contributed by atoms with Crippen LogP contribution in [0.5, 0.6) is 0 Å². The highest BCUT2D eigenvalue weighted by Gasteiger charge is 2.38. The van der Waals surface area contributed by atoms with E-state index in [-0.39, 0.29) is 0 Å². The third-order valence-corrected chi connectivity index (χ3v) is 4.05. The van der Waals surface area contributed by atoms with Gasteiger partial charge in [0.05, 0.1) is 0 Å². The van der Waals surface area contributed by atoms with Crippen LogP contribution in [0.3, 0.4) is 0 Å². The smallest absolute Gasteiger partial charge is 0.0156 e. The van der Waals surface area contributed by atoms with Gasteiger partial charge in [-0.1, -0.05) is 60.6 Å². The SMILES string of the molecule is CC1C(C(C)(C)C)CC=C[C@@H]1C(C)(C)C. The monoisotopic (exact) mass is 208 g/mol. The molecule has 0 saturated heterocycles. The molecule has 0 aliphatic heterocycles. The normalized spacial score (nSPS) is 33.1. The number of hydrogen-bond donors (Lipinski definition) is 0. The van der Waals surface area contributed by atoms with E-state index < -0.39 is 0 Å². The molecule has 0 aromatic rings. The first kappa shape index (κ1) is 12.8. The van der Waals surface area contributed by atoms with Crippen molar-refractivity contribution in [2.75, 3.05) is 0 Å². The zero-order valence-corrected chi connectivity index (χ0v) is 11.6. The first-order valence-corrected chi connectivity index (χ1v) is 6.30. The van der Waals surface area contributed by atoms with E-state index in [4.69, 9.17) is 0 Å². The highest BCUT2D eigenvalue weighted by atomic mass is 14.4. The van der Waals surface area contributed by atoms with Crippen LogP contribution in [0.25, 0.3) is 0 Å². The van der Waals surface area contributed by atoms with Crippen LogP contribution in [0, 0.1) is 28.6 Å². The molecular formula is C15H28. The van der Waals surface area contributed by atoms with Gasteiger partial charge >= 0.3 is 0 Å². The molecule has 1 aliphatic rings. The summed E-state index contributed by atoms with van der Waals surface area (Å²) in [4.78, 5) is 0. The van der Waals surface area contributed by atoms with E-state index in [0.717, 1.165) is 17.8 Å². The predicted octanol–water partition coefficient (Wildman–Crippen LogP) is 4.91. The fourth-order valence-corrected chi connectivity index (χ4v) is 3.23. The third-order valence-electron chi connectivity index (χ3n) is 4.05. The second-order valence-corrected chi connectivity index (χ2v) is 7.39. The molecule has 3 atom stereocenters. The van der Waals surface area contributed by atoms with Gasteiger partial charge in [-0.25, -0.2) is 0 Å². The maximum absolute atomic E-state index is 2.45. The van der Waals surface area contributed by atoms with Crippen LogP contribution in [0.15, 0.2) is 12.2 Å². The molecule has 0 bridgehead atoms. The van der Waals surface area contributed by atoms with Crippen molar-refractivity contribution in [3.63, 3.8) is 0 Å². The van der Waals surface area contributed by atoms with Gasteiger partial charge in [0.1, 0.15) is 0 Å². The lowest BCUT2D eigenvalue weighted by Crippen LogP contribution is -2.37. The molecule has 88 valence electrons. The summed E-state index contributed by atoms with van der Waals surface area (Å²) >= 11 is 0. The molecular weight excluding hydrogens is 180 g/mol. The molecule has 0 N–H and O–H groups in total. The van der Waals surface area contributed by atoms with Gasteiger partial charge in [-0.2, -0.15) is 0 Å². The Morgan fingerprint density at radius 3 is 1.87 bits per heavy atom. The molecule has 0 aromatic heterocycles. The van der Waals surface area contributed by atoms with Crippen LogP contribution in [0.4, 0.5) is 0 Å². The standard InChI is InChI=1S/C15H28/c1-11-12(14(2,3)4)9-8-10-13(11)15(5,6)7/h8-9,11-13H,10H2,1-7H3/t11?,12-,13?/m0/s1. The third kappa shape index (κ3) is 2.86. The molecule has 0 amide bonds. The first-order chi connectivity index (χ1) is 6.64. The van der Waals surface area contributed by atoms with E-state index in [2.05, 4.69) is 60.6 Å². The lowest BCUT2D eigenvalue weighted by Gasteiger charge is -2.45. The van der Waals surface area contributed by atoms with E-state index in [0.29, 0.717) is 10.8 Å². The maximum atomic E-state index is 2.45. The number of hydrogen-bond acceptors (Lipinski definition) is 0. The molecule has 0 spiro atoms. The summed E-state index contributed by atoms with van der Waals surface area (Å²) in [5.74, 6) is 2.36. The van der Waals surface area contributed by atoms with E-state index >= 15 is 0 Å². The van der Waals surface area contributed by atoms with Gasteiger partial charge in [-0.05, 0) is 35.0 Å². The minimum Gasteiger partial charge on any atom is -0.0879 e. The highest BCUT2D eigenvalue weighted by molar-refractivity contribution is 5.05. The summed E-state index contributed by atoms with van der Waals surface area (Å²) in [5, 5.41) is 0. The van der Waals surface area contributed by atoms with E-state index in [1.807, 2.05) is 0 Å². The fraction of sp³-hybridized carbons (Fsp3) is 0.867. The highest BCUT2D eigenvalue weighted by Crippen LogP contribution is 2.46. The second-order valence-electron chi connectivity index (χ2n) is 7.39. The Balaban J connectivity index is 2.90. The zero-order valence-electron chi connectivity index (χ0n) is 11.6. The van der Waals surface area contributed by atoms with Crippen LogP contribution in [-0.4, -0.2) is 0 Å². The summed E-state index contributed by atoms with van der Waals surface area (Å²) in [5.41, 5.74) is 0.841. The van der Waals surface area contributed by atoms with E-state index in [1.54, 1.807) is 0 Å². The summed E-state index contributed by atoms with van der Waals surface area (Å²) < 4.78 is 0. The van der Waals surface area contributed by atoms with Gasteiger partial charge in [0, 0.05) is 0 Å². The van der Waals surface area contributed by atoms with E-state index in [9.17, 15) is 0 Å². The Hall–Kier alpha value is -0.260. The Morgan fingerprint density at radius 1 is 0.933 bits per heavy atom. The first-order valence-electron chi connectivity index (χ1n) is 6.30. The average Bonchev–Trinajstić information content (AvgIpc) is 1.99. The molecule has 0 heteroatoms. The van der Waals surface area contributed by atoms with Gasteiger partial charge in [-0.15, -0.1) is 0 Å². The molecule has 1 rings (SSSR count). The van der Waals surface area contributed by atoms with Crippen molar-refractivity contribution in [3.05, 3.63) is 12.2 Å². The van der Waals surface area contributed by atoms with Crippen molar-refractivity contribution >= 4 is 0 Å². The average molecular weight is 208 g/mol. The van der Waals surface area contributed by atoms with Crippen LogP contribution in [0.2, 0.25) is 0 Å². The molecule has 0 radical (unpaired) electrons. The molecule has 0 heterocycles. The van der Waals surface area contributed by atoms with Crippen molar-refractivity contribution in [2.24, 2.45) is 28.6 Å². The van der Waals surface area contributed by atoms with Gasteiger partial charge in [0.15, 0.2) is 0 Å². The van der Waals surface area contributed by atoms with Gasteiger partial charge < -0.3 is 0 Å². The Morgan fingerprint density at radius 2 is 1.47 bits per heavy atom. The van der Waals surface area contributed by atoms with Crippen molar-refractivity contribution < 1.29 is 0 Å². The van der Waals surface area contributed by atoms with E-state index in [1.165, 1.54) is 6.42 Å². The quantitative estimate of drug-likeness (QED) is 0.496. The molecule has 0 nitrogen and oxygen atoms in total. The Kier molecular flexibility index (Phi) is 3.38. The summed E-state index contributed by atoms with van der Waals surface area (Å²) in [7, 11) is 0. The van der Waals surface area contributed by atoms with Crippen LogP contribution in [0.1, 0.15) is 54.9 Å². The summed E-state index contributed by atoms with van der Waals surface area (Å²) in [6.45, 7) is 16.7. The zero-order chi connectivity index (χ0) is 11.9. The lowest BCUT2D eigenvalue weighted by molar-refractivity contribution is 0.0818. The maximum Gasteiger partial charge on any atom is -0.0156 e. The van der Waals surface area contributed by atoms with Crippen LogP contribution in [-0.2, 0) is 0 Å². The van der Waals surface area contributed by atoms with Crippen molar-refractivity contribution in [2.45, 2.75) is 54.9 Å². The lowest BCUT2D eigenvalue weighted by atomic mass is 9.60. The van der Waals surface area contributed by atoms with Gasteiger partial charge in [-0.3, -0.25) is 0 Å². The van der Waals surface area contributed by atoms with Crippen LogP contribution >= 0.6 is 0 Å². The predicted molar refractivity (Wildman–Crippen MR) is 68.8 cm³/mol. The van der Waals surface area contributed by atoms with Crippen molar-refractivity contribution in [3.8, 4) is 0 Å². The largest absolute Gasteiger partial charge is 0.0879 e. The number of allylic oxidation sites excluding steroid dienone is 2. The summed E-state index contributed by atoms with van der Waals surface area (Å²) in [6, 6.07) is 0. The van der Waals surface area contributed by atoms with Gasteiger partial charge in [0.25, 0.3) is 0 Å². The molecule has 15 heavy (non-hydrogen) atoms.